The van der Waals surface area contributed by atoms with Gasteiger partial charge in [-0.05, 0) is 61.5 Å². The average Bonchev–Trinajstić information content (AvgIpc) is 3.24. The highest BCUT2D eigenvalue weighted by Gasteiger charge is 2.36. The largest absolute Gasteiger partial charge is 0.395 e. The first-order chi connectivity index (χ1) is 17.0. The molecule has 5 N–H and O–H groups in total. The topological polar surface area (TPSA) is 131 Å². The minimum Gasteiger partial charge on any atom is -0.395 e. The van der Waals surface area contributed by atoms with Gasteiger partial charge < -0.3 is 21.7 Å². The molecular weight excluding hydrogens is 481 g/mol. The van der Waals surface area contributed by atoms with Crippen LogP contribution in [0.2, 0.25) is 0 Å². The van der Waals surface area contributed by atoms with Crippen molar-refractivity contribution in [3.8, 4) is 0 Å². The van der Waals surface area contributed by atoms with E-state index in [-0.39, 0.29) is 22.8 Å². The number of nitrogens with two attached hydrogens (primary N) is 2. The SMILES string of the molecule is CCC(C)(C)NC(=O)[C@@H](c1ccc(F)cc1)N(CCc1ccccc1)C(=O)c1snc(C(N)=O)c1N. The molecule has 8 nitrogen and oxygen atoms in total. The Balaban J connectivity index is 2.09. The lowest BCUT2D eigenvalue weighted by Gasteiger charge is -2.34. The third-order valence-electron chi connectivity index (χ3n) is 5.99. The molecule has 0 radical (unpaired) electrons. The Kier molecular flexibility index (Phi) is 8.41. The number of hydrogen-bond donors (Lipinski definition) is 3. The molecule has 0 aliphatic heterocycles. The predicted octanol–water partition coefficient (Wildman–Crippen LogP) is 3.69. The van der Waals surface area contributed by atoms with Crippen LogP contribution in [0.1, 0.15) is 64.5 Å². The summed E-state index contributed by atoms with van der Waals surface area (Å²) in [6, 6.07) is 13.8. The van der Waals surface area contributed by atoms with Gasteiger partial charge >= 0.3 is 0 Å². The fourth-order valence-corrected chi connectivity index (χ4v) is 4.37. The van der Waals surface area contributed by atoms with Gasteiger partial charge in [0.25, 0.3) is 11.8 Å². The molecule has 3 aromatic rings. The number of amides is 3. The van der Waals surface area contributed by atoms with Crippen molar-refractivity contribution in [2.24, 2.45) is 5.73 Å². The molecule has 0 unspecified atom stereocenters. The van der Waals surface area contributed by atoms with Crippen LogP contribution < -0.4 is 16.8 Å². The van der Waals surface area contributed by atoms with Gasteiger partial charge in [-0.2, -0.15) is 4.37 Å². The summed E-state index contributed by atoms with van der Waals surface area (Å²) >= 11 is 0.748. The van der Waals surface area contributed by atoms with E-state index < -0.39 is 35.1 Å². The van der Waals surface area contributed by atoms with E-state index in [1.54, 1.807) is 0 Å². The summed E-state index contributed by atoms with van der Waals surface area (Å²) in [5.41, 5.74) is 11.9. The zero-order chi connectivity index (χ0) is 26.5. The number of nitrogens with zero attached hydrogens (tertiary/aromatic N) is 2. The second-order valence-electron chi connectivity index (χ2n) is 9.05. The maximum atomic E-state index is 13.9. The van der Waals surface area contributed by atoms with Crippen molar-refractivity contribution in [3.63, 3.8) is 0 Å². The molecule has 2 aromatic carbocycles. The quantitative estimate of drug-likeness (QED) is 0.382. The van der Waals surface area contributed by atoms with E-state index in [0.717, 1.165) is 17.1 Å². The molecular formula is C26H30FN5O3S. The van der Waals surface area contributed by atoms with E-state index in [2.05, 4.69) is 9.69 Å². The van der Waals surface area contributed by atoms with Crippen molar-refractivity contribution in [1.29, 1.82) is 0 Å². The molecule has 1 aromatic heterocycles. The number of halogens is 1. The van der Waals surface area contributed by atoms with Gasteiger partial charge in [-0.3, -0.25) is 14.4 Å². The Labute approximate surface area is 213 Å². The molecule has 1 atom stereocenters. The smallest absolute Gasteiger partial charge is 0.270 e. The molecule has 36 heavy (non-hydrogen) atoms. The Morgan fingerprint density at radius 2 is 1.75 bits per heavy atom. The van der Waals surface area contributed by atoms with Crippen LogP contribution in [-0.2, 0) is 11.2 Å². The van der Waals surface area contributed by atoms with Gasteiger partial charge in [-0.15, -0.1) is 0 Å². The Morgan fingerprint density at radius 3 is 2.31 bits per heavy atom. The number of primary amides is 1. The van der Waals surface area contributed by atoms with Gasteiger partial charge in [0.05, 0.1) is 5.69 Å². The minimum atomic E-state index is -1.09. The predicted molar refractivity (Wildman–Crippen MR) is 138 cm³/mol. The van der Waals surface area contributed by atoms with Gasteiger partial charge in [-0.1, -0.05) is 49.4 Å². The van der Waals surface area contributed by atoms with Crippen molar-refractivity contribution in [2.75, 3.05) is 12.3 Å². The molecule has 0 saturated heterocycles. The van der Waals surface area contributed by atoms with Crippen molar-refractivity contribution >= 4 is 34.9 Å². The summed E-state index contributed by atoms with van der Waals surface area (Å²) in [5.74, 6) is -2.32. The van der Waals surface area contributed by atoms with Gasteiger partial charge in [0, 0.05) is 12.1 Å². The van der Waals surface area contributed by atoms with E-state index in [0.29, 0.717) is 18.4 Å². The zero-order valence-corrected chi connectivity index (χ0v) is 21.3. The van der Waals surface area contributed by atoms with Crippen LogP contribution in [0, 0.1) is 5.82 Å². The van der Waals surface area contributed by atoms with Crippen LogP contribution in [0.4, 0.5) is 10.1 Å². The summed E-state index contributed by atoms with van der Waals surface area (Å²) in [5, 5.41) is 3.00. The highest BCUT2D eigenvalue weighted by molar-refractivity contribution is 7.09. The number of nitrogen functional groups attached to an aromatic ring is 1. The maximum absolute atomic E-state index is 13.9. The maximum Gasteiger partial charge on any atom is 0.270 e. The normalized spacial score (nSPS) is 12.1. The summed E-state index contributed by atoms with van der Waals surface area (Å²) < 4.78 is 17.7. The summed E-state index contributed by atoms with van der Waals surface area (Å²) in [4.78, 5) is 40.6. The first-order valence-corrected chi connectivity index (χ1v) is 12.3. The fourth-order valence-electron chi connectivity index (χ4n) is 3.61. The van der Waals surface area contributed by atoms with Crippen LogP contribution in [0.15, 0.2) is 54.6 Å². The van der Waals surface area contributed by atoms with Crippen molar-refractivity contribution < 1.29 is 18.8 Å². The van der Waals surface area contributed by atoms with Gasteiger partial charge in [0.15, 0.2) is 5.69 Å². The second kappa shape index (κ2) is 11.3. The van der Waals surface area contributed by atoms with Crippen LogP contribution in [0.3, 0.4) is 0 Å². The first kappa shape index (κ1) is 26.8. The monoisotopic (exact) mass is 511 g/mol. The molecule has 1 heterocycles. The molecule has 0 spiro atoms. The van der Waals surface area contributed by atoms with Gasteiger partial charge in [-0.25, -0.2) is 4.39 Å². The lowest BCUT2D eigenvalue weighted by atomic mass is 9.98. The van der Waals surface area contributed by atoms with E-state index in [1.807, 2.05) is 51.1 Å². The number of carbonyl (C=O) groups is 3. The lowest BCUT2D eigenvalue weighted by Crippen LogP contribution is -2.50. The van der Waals surface area contributed by atoms with E-state index in [4.69, 9.17) is 11.5 Å². The van der Waals surface area contributed by atoms with Crippen molar-refractivity contribution in [1.82, 2.24) is 14.6 Å². The lowest BCUT2D eigenvalue weighted by molar-refractivity contribution is -0.127. The molecule has 0 fully saturated rings. The molecule has 3 amide bonds. The highest BCUT2D eigenvalue weighted by atomic mass is 32.1. The van der Waals surface area contributed by atoms with Crippen LogP contribution in [0.25, 0.3) is 0 Å². The van der Waals surface area contributed by atoms with E-state index >= 15 is 0 Å². The average molecular weight is 512 g/mol. The molecule has 10 heteroatoms. The molecule has 0 aliphatic rings. The number of rotatable bonds is 10. The van der Waals surface area contributed by atoms with Gasteiger partial charge in [0.2, 0.25) is 5.91 Å². The number of benzene rings is 2. The molecule has 0 aliphatic carbocycles. The third-order valence-corrected chi connectivity index (χ3v) is 6.84. The number of nitrogens with one attached hydrogen (secondary N) is 1. The molecule has 0 saturated carbocycles. The summed E-state index contributed by atoms with van der Waals surface area (Å²) in [6.07, 6.45) is 1.09. The number of hydrogen-bond acceptors (Lipinski definition) is 6. The first-order valence-electron chi connectivity index (χ1n) is 11.5. The standard InChI is InChI=1S/C26H30FN5O3S/c1-4-26(2,3)30-24(34)21(17-10-12-18(27)13-11-17)32(15-14-16-8-6-5-7-9-16)25(35)22-19(28)20(23(29)33)31-36-22/h5-13,21H,4,14-15,28H2,1-3H3,(H2,29,33)(H,30,34)/t21-/m1/s1. The molecule has 190 valence electrons. The minimum absolute atomic E-state index is 0.00604. The van der Waals surface area contributed by atoms with Crippen molar-refractivity contribution in [3.05, 3.63) is 82.1 Å². The Morgan fingerprint density at radius 1 is 1.11 bits per heavy atom. The Bertz CT molecular complexity index is 1230. The summed E-state index contributed by atoms with van der Waals surface area (Å²) in [6.45, 7) is 5.84. The van der Waals surface area contributed by atoms with Gasteiger partial charge in [0.1, 0.15) is 16.7 Å². The van der Waals surface area contributed by atoms with Crippen LogP contribution in [0.5, 0.6) is 0 Å². The van der Waals surface area contributed by atoms with Crippen molar-refractivity contribution in [2.45, 2.75) is 45.2 Å². The Hall–Kier alpha value is -3.79. The third kappa shape index (κ3) is 6.25. The van der Waals surface area contributed by atoms with E-state index in [9.17, 15) is 18.8 Å². The van der Waals surface area contributed by atoms with E-state index in [1.165, 1.54) is 29.2 Å². The molecule has 3 rings (SSSR count). The van der Waals surface area contributed by atoms with Crippen LogP contribution >= 0.6 is 11.5 Å². The number of aromatic nitrogens is 1. The highest BCUT2D eigenvalue weighted by Crippen LogP contribution is 2.30. The summed E-state index contributed by atoms with van der Waals surface area (Å²) in [7, 11) is 0. The second-order valence-corrected chi connectivity index (χ2v) is 9.83. The fraction of sp³-hybridized carbons (Fsp3) is 0.308. The zero-order valence-electron chi connectivity index (χ0n) is 20.5. The number of anilines is 1. The number of carbonyl (C=O) groups excluding carboxylic acids is 3. The molecule has 0 bridgehead atoms. The van der Waals surface area contributed by atoms with Crippen LogP contribution in [-0.4, -0.2) is 39.1 Å².